The highest BCUT2D eigenvalue weighted by atomic mass is 35.5. The van der Waals surface area contributed by atoms with Gasteiger partial charge in [0, 0.05) is 25.0 Å². The van der Waals surface area contributed by atoms with Crippen molar-refractivity contribution in [2.45, 2.75) is 51.4 Å². The minimum Gasteiger partial charge on any atom is -0.342 e. The summed E-state index contributed by atoms with van der Waals surface area (Å²) < 4.78 is 0. The molecule has 2 saturated heterocycles. The third kappa shape index (κ3) is 2.15. The molecule has 4 aliphatic carbocycles. The molecule has 1 N–H and O–H groups in total. The number of halogens is 1. The Morgan fingerprint density at radius 1 is 1.00 bits per heavy atom. The van der Waals surface area contributed by atoms with Gasteiger partial charge in [-0.15, -0.1) is 12.4 Å². The molecule has 0 radical (unpaired) electrons. The van der Waals surface area contributed by atoms with Crippen LogP contribution in [0, 0.1) is 28.6 Å². The molecule has 0 aromatic carbocycles. The quantitative estimate of drug-likeness (QED) is 0.804. The molecule has 2 heterocycles. The second-order valence-corrected chi connectivity index (χ2v) is 9.10. The second kappa shape index (κ2) is 5.11. The molecule has 4 bridgehead atoms. The maximum atomic E-state index is 13.3. The summed E-state index contributed by atoms with van der Waals surface area (Å²) in [5.41, 5.74) is 0.504. The van der Waals surface area contributed by atoms with Gasteiger partial charge in [0.05, 0.1) is 5.41 Å². The number of likely N-dealkylation sites (tertiary alicyclic amines) is 1. The van der Waals surface area contributed by atoms with Crippen LogP contribution in [0.15, 0.2) is 0 Å². The Bertz CT molecular complexity index is 436. The molecule has 1 amide bonds. The number of hydrogen-bond donors (Lipinski definition) is 1. The van der Waals surface area contributed by atoms with Crippen molar-refractivity contribution in [3.63, 3.8) is 0 Å². The molecular weight excluding hydrogens is 296 g/mol. The van der Waals surface area contributed by atoms with E-state index in [-0.39, 0.29) is 17.8 Å². The lowest BCUT2D eigenvalue weighted by Crippen LogP contribution is -2.54. The van der Waals surface area contributed by atoms with Gasteiger partial charge in [0.2, 0.25) is 5.91 Å². The van der Waals surface area contributed by atoms with Gasteiger partial charge in [0.15, 0.2) is 0 Å². The van der Waals surface area contributed by atoms with Crippen LogP contribution in [0.25, 0.3) is 0 Å². The number of amides is 1. The highest BCUT2D eigenvalue weighted by Crippen LogP contribution is 2.61. The molecule has 124 valence electrons. The topological polar surface area (TPSA) is 32.3 Å². The largest absolute Gasteiger partial charge is 0.342 e. The molecule has 2 aliphatic heterocycles. The summed E-state index contributed by atoms with van der Waals surface area (Å²) in [6.07, 6.45) is 10.5. The van der Waals surface area contributed by atoms with Gasteiger partial charge >= 0.3 is 0 Å². The van der Waals surface area contributed by atoms with E-state index in [2.05, 4.69) is 10.2 Å². The van der Waals surface area contributed by atoms with Crippen LogP contribution in [-0.2, 0) is 4.79 Å². The molecule has 0 aromatic rings. The Kier molecular flexibility index (Phi) is 3.54. The fraction of sp³-hybridized carbons (Fsp3) is 0.944. The van der Waals surface area contributed by atoms with Crippen molar-refractivity contribution in [1.82, 2.24) is 10.2 Å². The molecule has 0 aromatic heterocycles. The molecule has 3 nitrogen and oxygen atoms in total. The zero-order valence-electron chi connectivity index (χ0n) is 13.5. The summed E-state index contributed by atoms with van der Waals surface area (Å²) in [5, 5.41) is 3.51. The van der Waals surface area contributed by atoms with E-state index in [4.69, 9.17) is 0 Å². The Labute approximate surface area is 140 Å². The SMILES string of the molecule is Cl.O=C(N1CCC2(CCNC2)C1)C12CC3CC(CC(C3)C1)C2. The molecule has 4 saturated carbocycles. The Morgan fingerprint density at radius 3 is 2.18 bits per heavy atom. The lowest BCUT2D eigenvalue weighted by molar-refractivity contribution is -0.156. The zero-order chi connectivity index (χ0) is 14.1. The van der Waals surface area contributed by atoms with Crippen LogP contribution >= 0.6 is 12.4 Å². The van der Waals surface area contributed by atoms with Crippen molar-refractivity contribution in [2.75, 3.05) is 26.2 Å². The van der Waals surface area contributed by atoms with E-state index in [9.17, 15) is 4.79 Å². The molecule has 6 rings (SSSR count). The van der Waals surface area contributed by atoms with Gasteiger partial charge in [-0.05, 0) is 75.7 Å². The summed E-state index contributed by atoms with van der Waals surface area (Å²) in [6, 6.07) is 0. The predicted molar refractivity (Wildman–Crippen MR) is 89.0 cm³/mol. The number of hydrogen-bond acceptors (Lipinski definition) is 2. The third-order valence-electron chi connectivity index (χ3n) is 7.55. The van der Waals surface area contributed by atoms with Gasteiger partial charge in [-0.1, -0.05) is 0 Å². The van der Waals surface area contributed by atoms with Gasteiger partial charge in [-0.2, -0.15) is 0 Å². The molecule has 1 atom stereocenters. The van der Waals surface area contributed by atoms with Crippen LogP contribution in [0.3, 0.4) is 0 Å². The number of nitrogens with zero attached hydrogens (tertiary/aromatic N) is 1. The molecule has 6 fully saturated rings. The molecule has 22 heavy (non-hydrogen) atoms. The number of rotatable bonds is 1. The van der Waals surface area contributed by atoms with Gasteiger partial charge in [0.25, 0.3) is 0 Å². The second-order valence-electron chi connectivity index (χ2n) is 9.10. The van der Waals surface area contributed by atoms with E-state index in [1.54, 1.807) is 0 Å². The van der Waals surface area contributed by atoms with Crippen LogP contribution in [0.4, 0.5) is 0 Å². The first-order chi connectivity index (χ1) is 10.2. The van der Waals surface area contributed by atoms with Crippen molar-refractivity contribution in [1.29, 1.82) is 0 Å². The summed E-state index contributed by atoms with van der Waals surface area (Å²) in [6.45, 7) is 4.36. The molecular formula is C18H29ClN2O. The van der Waals surface area contributed by atoms with Crippen LogP contribution in [0.5, 0.6) is 0 Å². The third-order valence-corrected chi connectivity index (χ3v) is 7.55. The van der Waals surface area contributed by atoms with Crippen molar-refractivity contribution >= 4 is 18.3 Å². The lowest BCUT2D eigenvalue weighted by Gasteiger charge is -2.56. The normalized spacial score (nSPS) is 48.9. The van der Waals surface area contributed by atoms with E-state index in [1.807, 2.05) is 0 Å². The highest BCUT2D eigenvalue weighted by molar-refractivity contribution is 5.85. The minimum atomic E-state index is 0. The summed E-state index contributed by atoms with van der Waals surface area (Å²) in [5.74, 6) is 3.20. The average molecular weight is 325 g/mol. The Balaban J connectivity index is 0.00000125. The van der Waals surface area contributed by atoms with Crippen LogP contribution < -0.4 is 5.32 Å². The molecule has 1 spiro atoms. The van der Waals surface area contributed by atoms with E-state index in [0.717, 1.165) is 43.9 Å². The monoisotopic (exact) mass is 324 g/mol. The van der Waals surface area contributed by atoms with Crippen LogP contribution in [0.1, 0.15) is 51.4 Å². The van der Waals surface area contributed by atoms with E-state index >= 15 is 0 Å². The van der Waals surface area contributed by atoms with Crippen molar-refractivity contribution < 1.29 is 4.79 Å². The summed E-state index contributed by atoms with van der Waals surface area (Å²) in [7, 11) is 0. The number of carbonyl (C=O) groups is 1. The predicted octanol–water partition coefficient (Wildman–Crippen LogP) is 2.84. The van der Waals surface area contributed by atoms with E-state index < -0.39 is 0 Å². The fourth-order valence-electron chi connectivity index (χ4n) is 6.96. The molecule has 1 unspecified atom stereocenters. The fourth-order valence-corrected chi connectivity index (χ4v) is 6.96. The smallest absolute Gasteiger partial charge is 0.228 e. The van der Waals surface area contributed by atoms with Crippen LogP contribution in [-0.4, -0.2) is 37.0 Å². The Morgan fingerprint density at radius 2 is 1.64 bits per heavy atom. The first kappa shape index (κ1) is 15.3. The van der Waals surface area contributed by atoms with Gasteiger partial charge in [0.1, 0.15) is 0 Å². The van der Waals surface area contributed by atoms with Crippen molar-refractivity contribution in [3.8, 4) is 0 Å². The maximum Gasteiger partial charge on any atom is 0.228 e. The first-order valence-corrected chi connectivity index (χ1v) is 9.17. The maximum absolute atomic E-state index is 13.3. The summed E-state index contributed by atoms with van der Waals surface area (Å²) in [4.78, 5) is 15.6. The standard InChI is InChI=1S/C18H28N2O.ClH/c21-16(20-4-2-17(12-20)1-3-19-11-17)18-8-13-5-14(9-18)7-15(6-13)10-18;/h13-15,19H,1-12H2;1H. The molecule has 4 heteroatoms. The number of nitrogens with one attached hydrogen (secondary N) is 1. The van der Waals surface area contributed by atoms with Crippen molar-refractivity contribution in [3.05, 3.63) is 0 Å². The van der Waals surface area contributed by atoms with Gasteiger partial charge in [-0.3, -0.25) is 4.79 Å². The molecule has 6 aliphatic rings. The first-order valence-electron chi connectivity index (χ1n) is 9.17. The van der Waals surface area contributed by atoms with E-state index in [0.29, 0.717) is 11.3 Å². The highest BCUT2D eigenvalue weighted by Gasteiger charge is 2.56. The lowest BCUT2D eigenvalue weighted by atomic mass is 9.49. The van der Waals surface area contributed by atoms with Gasteiger partial charge in [-0.25, -0.2) is 0 Å². The van der Waals surface area contributed by atoms with Crippen molar-refractivity contribution in [2.24, 2.45) is 28.6 Å². The Hall–Kier alpha value is -0.280. The number of carbonyl (C=O) groups excluding carboxylic acids is 1. The van der Waals surface area contributed by atoms with E-state index in [1.165, 1.54) is 51.4 Å². The van der Waals surface area contributed by atoms with Crippen LogP contribution in [0.2, 0.25) is 0 Å². The van der Waals surface area contributed by atoms with Gasteiger partial charge < -0.3 is 10.2 Å². The zero-order valence-corrected chi connectivity index (χ0v) is 14.3. The minimum absolute atomic E-state index is 0. The summed E-state index contributed by atoms with van der Waals surface area (Å²) >= 11 is 0. The average Bonchev–Trinajstić information content (AvgIpc) is 3.07.